The highest BCUT2D eigenvalue weighted by Gasteiger charge is 2.25. The van der Waals surface area contributed by atoms with Gasteiger partial charge in [0.1, 0.15) is 57.8 Å². The maximum atomic E-state index is 13.6. The topological polar surface area (TPSA) is 412 Å². The summed E-state index contributed by atoms with van der Waals surface area (Å²) >= 11 is 0. The summed E-state index contributed by atoms with van der Waals surface area (Å²) in [6.07, 6.45) is 30.1. The molecule has 0 rings (SSSR count). The Balaban J connectivity index is 5.55. The lowest BCUT2D eigenvalue weighted by Gasteiger charge is -2.19. The molecule has 0 aromatic heterocycles. The first-order valence-electron chi connectivity index (χ1n) is 38.0. The normalized spacial score (nSPS) is 11.9. The van der Waals surface area contributed by atoms with Crippen LogP contribution in [0.5, 0.6) is 0 Å². The molecule has 0 fully saturated rings. The van der Waals surface area contributed by atoms with Crippen LogP contribution < -0.4 is 47.9 Å². The van der Waals surface area contributed by atoms with Crippen LogP contribution in [0.4, 0.5) is 0 Å². The SMILES string of the molecule is C#CCCC(=O)CCCOCC(=O)CCC(CCC[C@@H](C)NC(=O)COCCNC(=O)CCC#C)C(=O)NCCOCC(=O)NCCCC[C@H](NC(=O)COCCNC(=O)[C@H](CCCCNC(=O)COCCNC(=O)CCC#C)CC(=O)COCCCC(=O)CCC#C)C(=O)CCCOCC(=O)NC(CC)CC. The van der Waals surface area contributed by atoms with Crippen molar-refractivity contribution < 1.29 is 100 Å². The number of nitrogens with one attached hydrogen (secondary N) is 9. The van der Waals surface area contributed by atoms with E-state index in [4.69, 9.17) is 58.9 Å². The van der Waals surface area contributed by atoms with Gasteiger partial charge in [-0.25, -0.2) is 0 Å². The minimum atomic E-state index is -0.945. The Morgan fingerprint density at radius 2 is 0.704 bits per heavy atom. The molecule has 1 unspecified atom stereocenters. The van der Waals surface area contributed by atoms with Crippen LogP contribution in [0.3, 0.4) is 0 Å². The lowest BCUT2D eigenvalue weighted by Crippen LogP contribution is -2.43. The van der Waals surface area contributed by atoms with E-state index in [0.29, 0.717) is 83.5 Å². The van der Waals surface area contributed by atoms with E-state index in [1.165, 1.54) is 0 Å². The van der Waals surface area contributed by atoms with Gasteiger partial charge in [-0.05, 0) is 90.4 Å². The Bertz CT molecular complexity index is 2840. The smallest absolute Gasteiger partial charge is 0.246 e. The van der Waals surface area contributed by atoms with Gasteiger partial charge in [0.05, 0.1) is 32.5 Å². The van der Waals surface area contributed by atoms with Crippen molar-refractivity contribution in [1.82, 2.24) is 47.9 Å². The fourth-order valence-corrected chi connectivity index (χ4v) is 10.4. The predicted molar refractivity (Wildman–Crippen MR) is 403 cm³/mol. The van der Waals surface area contributed by atoms with Crippen LogP contribution in [0.1, 0.15) is 201 Å². The van der Waals surface area contributed by atoms with Crippen molar-refractivity contribution in [2.24, 2.45) is 11.8 Å². The van der Waals surface area contributed by atoms with Gasteiger partial charge < -0.3 is 81.0 Å². The first-order chi connectivity index (χ1) is 52.1. The molecule has 9 N–H and O–H groups in total. The van der Waals surface area contributed by atoms with Crippen molar-refractivity contribution in [3.05, 3.63) is 0 Å². The number of hydrogen-bond donors (Lipinski definition) is 9. The molecule has 0 aromatic rings. The van der Waals surface area contributed by atoms with E-state index < -0.39 is 42.2 Å². The lowest BCUT2D eigenvalue weighted by atomic mass is 9.93. The maximum absolute atomic E-state index is 13.6. The van der Waals surface area contributed by atoms with E-state index in [0.717, 1.165) is 12.8 Å². The number of carbonyl (C=O) groups excluding carboxylic acids is 14. The van der Waals surface area contributed by atoms with Gasteiger partial charge in [0.15, 0.2) is 17.3 Å². The lowest BCUT2D eigenvalue weighted by molar-refractivity contribution is -0.132. The molecule has 0 spiro atoms. The summed E-state index contributed by atoms with van der Waals surface area (Å²) < 4.78 is 38.4. The molecule has 0 heterocycles. The standard InChI is InChI=1S/C78H123N9O21/c1-8-14-29-64(88)31-23-45-102-53-66(90)38-37-61(28-22-26-60(7)85-74(97)57-107-49-42-82-71(94)36-17-11-4)77(100)83-43-50-106-56-73(96)80-40-21-19-33-68(69(92)34-25-47-104-58-75(98)86-63(12-5)13-6)87-76(99)59-108-51-44-84-78(101)62(52-67(91)54-103-46-24-32-65(89)30-15-9-2)27-18-20-39-79-72(95)55-105-48-41-81-70(93)35-16-10-3/h1-4,60-63,68H,12-59H2,5-7H3,(H,79,95)(H,80,96)(H,81,93)(H,82,94)(H,83,100)(H,84,101)(H,85,97)(H,86,98)(H,87,99)/t60-,61?,62-,68+/m1/s1. The zero-order chi connectivity index (χ0) is 80.1. The summed E-state index contributed by atoms with van der Waals surface area (Å²) in [6, 6.07) is -1.20. The third-order valence-electron chi connectivity index (χ3n) is 16.4. The summed E-state index contributed by atoms with van der Waals surface area (Å²) in [4.78, 5) is 177. The molecule has 0 saturated carbocycles. The monoisotopic (exact) mass is 1520 g/mol. The van der Waals surface area contributed by atoms with Gasteiger partial charge in [0.2, 0.25) is 53.2 Å². The fourth-order valence-electron chi connectivity index (χ4n) is 10.4. The van der Waals surface area contributed by atoms with Crippen molar-refractivity contribution in [1.29, 1.82) is 0 Å². The number of Topliss-reactive ketones (excluding diaryl/α,β-unsaturated/α-hetero) is 5. The highest BCUT2D eigenvalue weighted by Crippen LogP contribution is 2.18. The molecule has 0 aliphatic carbocycles. The third-order valence-corrected chi connectivity index (χ3v) is 16.4. The van der Waals surface area contributed by atoms with E-state index in [1.807, 2.05) is 20.8 Å². The Morgan fingerprint density at radius 3 is 1.19 bits per heavy atom. The first kappa shape index (κ1) is 99.5. The molecule has 30 nitrogen and oxygen atoms in total. The minimum Gasteiger partial charge on any atom is -0.374 e. The van der Waals surface area contributed by atoms with Crippen molar-refractivity contribution >= 4 is 82.1 Å². The second-order valence-corrected chi connectivity index (χ2v) is 25.8. The predicted octanol–water partition coefficient (Wildman–Crippen LogP) is 2.85. The summed E-state index contributed by atoms with van der Waals surface area (Å²) in [5.41, 5.74) is 0. The zero-order valence-corrected chi connectivity index (χ0v) is 64.2. The Kier molecular flexibility index (Phi) is 63.6. The van der Waals surface area contributed by atoms with Crippen LogP contribution >= 0.6 is 0 Å². The Morgan fingerprint density at radius 1 is 0.315 bits per heavy atom. The molecular weight excluding hydrogens is 1400 g/mol. The molecule has 4 atom stereocenters. The van der Waals surface area contributed by atoms with E-state index >= 15 is 0 Å². The van der Waals surface area contributed by atoms with E-state index in [9.17, 15) is 67.1 Å². The van der Waals surface area contributed by atoms with Crippen LogP contribution in [0.25, 0.3) is 0 Å². The summed E-state index contributed by atoms with van der Waals surface area (Å²) in [7, 11) is 0. The first-order valence-corrected chi connectivity index (χ1v) is 38.0. The van der Waals surface area contributed by atoms with E-state index in [1.54, 1.807) is 0 Å². The van der Waals surface area contributed by atoms with Gasteiger partial charge >= 0.3 is 0 Å². The molecule has 0 aliphatic rings. The van der Waals surface area contributed by atoms with Gasteiger partial charge in [-0.15, -0.1) is 49.4 Å². The maximum Gasteiger partial charge on any atom is 0.246 e. The van der Waals surface area contributed by atoms with Crippen molar-refractivity contribution in [3.63, 3.8) is 0 Å². The van der Waals surface area contributed by atoms with E-state index in [-0.39, 0.29) is 285 Å². The average Bonchev–Trinajstić information content (AvgIpc) is 0.927. The summed E-state index contributed by atoms with van der Waals surface area (Å²) in [6.45, 7) is 5.42. The number of ketones is 5. The molecule has 9 amide bonds. The second-order valence-electron chi connectivity index (χ2n) is 25.8. The molecule has 606 valence electrons. The zero-order valence-electron chi connectivity index (χ0n) is 64.2. The van der Waals surface area contributed by atoms with Crippen LogP contribution in [0.15, 0.2) is 0 Å². The van der Waals surface area contributed by atoms with Crippen molar-refractivity contribution in [2.45, 2.75) is 219 Å². The highest BCUT2D eigenvalue weighted by molar-refractivity contribution is 5.90. The van der Waals surface area contributed by atoms with Crippen LogP contribution in [0, 0.1) is 61.2 Å². The number of hydrogen-bond acceptors (Lipinski definition) is 21. The fraction of sp³-hybridized carbons (Fsp3) is 0.718. The number of rotatable bonds is 73. The van der Waals surface area contributed by atoms with Crippen LogP contribution in [0.2, 0.25) is 0 Å². The number of carbonyl (C=O) groups is 14. The molecule has 108 heavy (non-hydrogen) atoms. The molecule has 0 bridgehead atoms. The minimum absolute atomic E-state index is 0.00657. The Hall–Kier alpha value is -8.46. The van der Waals surface area contributed by atoms with E-state index in [2.05, 4.69) is 71.5 Å². The number of amides is 9. The molecule has 0 aliphatic heterocycles. The second kappa shape index (κ2) is 69.0. The van der Waals surface area contributed by atoms with Gasteiger partial charge in [-0.2, -0.15) is 0 Å². The molecule has 0 saturated heterocycles. The molecular formula is C78H123N9O21. The summed E-state index contributed by atoms with van der Waals surface area (Å²) in [5.74, 6) is 4.21. The quantitative estimate of drug-likeness (QED) is 0.0312. The van der Waals surface area contributed by atoms with Crippen molar-refractivity contribution in [3.8, 4) is 49.4 Å². The highest BCUT2D eigenvalue weighted by atomic mass is 16.5. The van der Waals surface area contributed by atoms with Gasteiger partial charge in [-0.1, -0.05) is 26.7 Å². The molecule has 30 heteroatoms. The van der Waals surface area contributed by atoms with Gasteiger partial charge in [0, 0.05) is 166 Å². The largest absolute Gasteiger partial charge is 0.374 e. The van der Waals surface area contributed by atoms with Crippen LogP contribution in [-0.2, 0) is 100 Å². The number of unbranched alkanes of at least 4 members (excludes halogenated alkanes) is 2. The Labute approximate surface area is 639 Å². The third kappa shape index (κ3) is 60.5. The number of ether oxygens (including phenoxy) is 7. The molecule has 0 radical (unpaired) electrons. The molecule has 0 aromatic carbocycles. The average molecular weight is 1520 g/mol. The van der Waals surface area contributed by atoms with Gasteiger partial charge in [0.25, 0.3) is 0 Å². The van der Waals surface area contributed by atoms with Crippen molar-refractivity contribution in [2.75, 3.05) is 132 Å². The number of terminal acetylenes is 4. The van der Waals surface area contributed by atoms with Crippen LogP contribution in [-0.4, -0.2) is 232 Å². The van der Waals surface area contributed by atoms with Gasteiger partial charge in [-0.3, -0.25) is 67.1 Å². The summed E-state index contributed by atoms with van der Waals surface area (Å²) in [5, 5.41) is 24.9.